The molecule has 26 heavy (non-hydrogen) atoms. The number of aryl methyl sites for hydroxylation is 1. The van der Waals surface area contributed by atoms with Gasteiger partial charge in [-0.3, -0.25) is 9.78 Å². The molecule has 3 aromatic rings. The standard InChI is InChI=1S/C19H19N3O3S/c1-3-24-17-11-15(18(23)21-19-22(2)9-10-26-19)6-7-16(17)25-13-14-5-4-8-20-12-14/h4-12H,3,13H2,1-2H3. The Morgan fingerprint density at radius 1 is 1.27 bits per heavy atom. The molecule has 0 unspecified atom stereocenters. The molecule has 0 bridgehead atoms. The van der Waals surface area contributed by atoms with Gasteiger partial charge in [-0.05, 0) is 31.2 Å². The average Bonchev–Trinajstić information content (AvgIpc) is 3.06. The minimum Gasteiger partial charge on any atom is -0.490 e. The first-order valence-corrected chi connectivity index (χ1v) is 9.03. The molecule has 0 aliphatic heterocycles. The predicted octanol–water partition coefficient (Wildman–Crippen LogP) is 3.20. The first-order valence-electron chi connectivity index (χ1n) is 8.15. The lowest BCUT2D eigenvalue weighted by atomic mass is 10.2. The Morgan fingerprint density at radius 2 is 2.15 bits per heavy atom. The Balaban J connectivity index is 1.82. The van der Waals surface area contributed by atoms with Crippen LogP contribution in [0, 0.1) is 0 Å². The van der Waals surface area contributed by atoms with Crippen molar-refractivity contribution in [1.82, 2.24) is 9.55 Å². The van der Waals surface area contributed by atoms with Gasteiger partial charge >= 0.3 is 0 Å². The molecule has 0 spiro atoms. The van der Waals surface area contributed by atoms with Crippen LogP contribution in [0.25, 0.3) is 0 Å². The first-order chi connectivity index (χ1) is 12.7. The molecule has 3 rings (SSSR count). The van der Waals surface area contributed by atoms with Crippen molar-refractivity contribution < 1.29 is 14.3 Å². The zero-order valence-corrected chi connectivity index (χ0v) is 15.4. The number of benzene rings is 1. The minimum atomic E-state index is -0.317. The van der Waals surface area contributed by atoms with Crippen molar-refractivity contribution in [3.8, 4) is 11.5 Å². The summed E-state index contributed by atoms with van der Waals surface area (Å²) in [5.74, 6) is 0.782. The molecule has 2 aromatic heterocycles. The number of carbonyl (C=O) groups excluding carboxylic acids is 1. The van der Waals surface area contributed by atoms with E-state index in [1.54, 1.807) is 35.2 Å². The van der Waals surface area contributed by atoms with Gasteiger partial charge in [-0.2, -0.15) is 4.99 Å². The highest BCUT2D eigenvalue weighted by molar-refractivity contribution is 7.07. The maximum absolute atomic E-state index is 12.4. The van der Waals surface area contributed by atoms with E-state index in [4.69, 9.17) is 9.47 Å². The number of hydrogen-bond acceptors (Lipinski definition) is 5. The van der Waals surface area contributed by atoms with Crippen molar-refractivity contribution in [3.63, 3.8) is 0 Å². The van der Waals surface area contributed by atoms with E-state index >= 15 is 0 Å². The van der Waals surface area contributed by atoms with Crippen molar-refractivity contribution in [2.45, 2.75) is 13.5 Å². The smallest absolute Gasteiger partial charge is 0.279 e. The van der Waals surface area contributed by atoms with Crippen molar-refractivity contribution in [2.75, 3.05) is 6.61 Å². The third-order valence-corrected chi connectivity index (χ3v) is 4.41. The number of thiazole rings is 1. The van der Waals surface area contributed by atoms with Crippen LogP contribution >= 0.6 is 11.3 Å². The fourth-order valence-electron chi connectivity index (χ4n) is 2.26. The molecule has 0 saturated carbocycles. The van der Waals surface area contributed by atoms with E-state index in [-0.39, 0.29) is 5.91 Å². The van der Waals surface area contributed by atoms with Gasteiger partial charge < -0.3 is 14.0 Å². The number of nitrogens with zero attached hydrogens (tertiary/aromatic N) is 3. The summed E-state index contributed by atoms with van der Waals surface area (Å²) < 4.78 is 13.3. The van der Waals surface area contributed by atoms with Crippen LogP contribution in [0.2, 0.25) is 0 Å². The van der Waals surface area contributed by atoms with Crippen LogP contribution in [0.1, 0.15) is 22.8 Å². The van der Waals surface area contributed by atoms with E-state index in [9.17, 15) is 4.79 Å². The summed E-state index contributed by atoms with van der Waals surface area (Å²) in [6.07, 6.45) is 5.32. The second kappa shape index (κ2) is 8.44. The fourth-order valence-corrected chi connectivity index (χ4v) is 2.99. The van der Waals surface area contributed by atoms with Crippen LogP contribution in [0.3, 0.4) is 0 Å². The largest absolute Gasteiger partial charge is 0.490 e. The van der Waals surface area contributed by atoms with Gasteiger partial charge in [0.15, 0.2) is 16.3 Å². The fraction of sp³-hybridized carbons (Fsp3) is 0.211. The average molecular weight is 369 g/mol. The molecule has 0 radical (unpaired) electrons. The topological polar surface area (TPSA) is 65.7 Å². The Hall–Kier alpha value is -2.93. The second-order valence-corrected chi connectivity index (χ2v) is 6.33. The molecule has 0 fully saturated rings. The van der Waals surface area contributed by atoms with E-state index in [0.29, 0.717) is 35.1 Å². The highest BCUT2D eigenvalue weighted by atomic mass is 32.1. The molecule has 0 aliphatic carbocycles. The zero-order chi connectivity index (χ0) is 18.4. The van der Waals surface area contributed by atoms with E-state index in [1.807, 2.05) is 37.7 Å². The molecular formula is C19H19N3O3S. The van der Waals surface area contributed by atoms with Gasteiger partial charge in [0.25, 0.3) is 5.91 Å². The zero-order valence-electron chi connectivity index (χ0n) is 14.6. The third-order valence-electron chi connectivity index (χ3n) is 3.56. The summed E-state index contributed by atoms with van der Waals surface area (Å²) in [7, 11) is 1.85. The summed E-state index contributed by atoms with van der Waals surface area (Å²) in [5.41, 5.74) is 1.41. The maximum atomic E-state index is 12.4. The lowest BCUT2D eigenvalue weighted by Crippen LogP contribution is -2.12. The number of aromatic nitrogens is 2. The lowest BCUT2D eigenvalue weighted by Gasteiger charge is -2.12. The molecule has 0 atom stereocenters. The summed E-state index contributed by atoms with van der Waals surface area (Å²) >= 11 is 1.41. The molecule has 0 aliphatic rings. The molecule has 0 N–H and O–H groups in total. The number of pyridine rings is 1. The van der Waals surface area contributed by atoms with Gasteiger partial charge in [-0.1, -0.05) is 6.07 Å². The predicted molar refractivity (Wildman–Crippen MR) is 99.4 cm³/mol. The number of ether oxygens (including phenoxy) is 2. The van der Waals surface area contributed by atoms with Crippen LogP contribution in [0.5, 0.6) is 11.5 Å². The molecule has 1 amide bonds. The lowest BCUT2D eigenvalue weighted by molar-refractivity contribution is 0.0997. The van der Waals surface area contributed by atoms with Gasteiger partial charge in [-0.15, -0.1) is 11.3 Å². The molecule has 2 heterocycles. The van der Waals surface area contributed by atoms with Crippen LogP contribution < -0.4 is 14.3 Å². The van der Waals surface area contributed by atoms with Crippen LogP contribution in [0.4, 0.5) is 0 Å². The first kappa shape index (κ1) is 17.9. The Morgan fingerprint density at radius 3 is 2.85 bits per heavy atom. The van der Waals surface area contributed by atoms with Gasteiger partial charge in [0, 0.05) is 42.1 Å². The van der Waals surface area contributed by atoms with Crippen LogP contribution in [-0.2, 0) is 13.7 Å². The molecule has 134 valence electrons. The van der Waals surface area contributed by atoms with E-state index in [0.717, 1.165) is 5.56 Å². The summed E-state index contributed by atoms with van der Waals surface area (Å²) in [6.45, 7) is 2.73. The highest BCUT2D eigenvalue weighted by Gasteiger charge is 2.12. The third kappa shape index (κ3) is 4.37. The summed E-state index contributed by atoms with van der Waals surface area (Å²) in [4.78, 5) is 21.3. The summed E-state index contributed by atoms with van der Waals surface area (Å²) in [5, 5.41) is 1.88. The van der Waals surface area contributed by atoms with Gasteiger partial charge in [0.1, 0.15) is 6.61 Å². The minimum absolute atomic E-state index is 0.317. The van der Waals surface area contributed by atoms with Crippen molar-refractivity contribution in [2.24, 2.45) is 12.0 Å². The SMILES string of the molecule is CCOc1cc(C(=O)N=c2sccn2C)ccc1OCc1cccnc1. The summed E-state index contributed by atoms with van der Waals surface area (Å²) in [6, 6.07) is 8.89. The van der Waals surface area contributed by atoms with E-state index in [1.165, 1.54) is 11.3 Å². The number of hydrogen-bond donors (Lipinski definition) is 0. The van der Waals surface area contributed by atoms with Crippen LogP contribution in [0.15, 0.2) is 59.3 Å². The molecule has 1 aromatic carbocycles. The van der Waals surface area contributed by atoms with Crippen molar-refractivity contribution in [1.29, 1.82) is 0 Å². The molecule has 6 nitrogen and oxygen atoms in total. The Labute approximate surface area is 155 Å². The van der Waals surface area contributed by atoms with Gasteiger partial charge in [0.2, 0.25) is 0 Å². The van der Waals surface area contributed by atoms with E-state index < -0.39 is 0 Å². The van der Waals surface area contributed by atoms with Gasteiger partial charge in [0.05, 0.1) is 6.61 Å². The van der Waals surface area contributed by atoms with Crippen molar-refractivity contribution >= 4 is 17.2 Å². The van der Waals surface area contributed by atoms with Crippen molar-refractivity contribution in [3.05, 3.63) is 70.2 Å². The quantitative estimate of drug-likeness (QED) is 0.669. The number of carbonyl (C=O) groups is 1. The number of rotatable bonds is 6. The monoisotopic (exact) mass is 369 g/mol. The maximum Gasteiger partial charge on any atom is 0.279 e. The Bertz CT molecular complexity index is 948. The highest BCUT2D eigenvalue weighted by Crippen LogP contribution is 2.29. The Kier molecular flexibility index (Phi) is 5.80. The molecular weight excluding hydrogens is 350 g/mol. The van der Waals surface area contributed by atoms with E-state index in [2.05, 4.69) is 9.98 Å². The van der Waals surface area contributed by atoms with Gasteiger partial charge in [-0.25, -0.2) is 0 Å². The molecule has 0 saturated heterocycles. The number of amides is 1. The van der Waals surface area contributed by atoms with Crippen LogP contribution in [-0.4, -0.2) is 22.1 Å². The normalized spacial score (nSPS) is 11.4. The molecule has 7 heteroatoms. The second-order valence-electron chi connectivity index (χ2n) is 5.46.